The first-order chi connectivity index (χ1) is 7.12. The molecule has 0 aliphatic heterocycles. The molecule has 0 heterocycles. The lowest BCUT2D eigenvalue weighted by atomic mass is 10.4. The summed E-state index contributed by atoms with van der Waals surface area (Å²) in [7, 11) is 6.07. The molecule has 0 spiro atoms. The van der Waals surface area contributed by atoms with Gasteiger partial charge in [0.05, 0.1) is 40.5 Å². The van der Waals surface area contributed by atoms with Gasteiger partial charge in [-0.15, -0.1) is 0 Å². The molecule has 0 aromatic heterocycles. The van der Waals surface area contributed by atoms with Gasteiger partial charge < -0.3 is 42.7 Å². The maximum atomic E-state index is 5.43. The van der Waals surface area contributed by atoms with Crippen molar-refractivity contribution in [1.29, 1.82) is 0 Å². The summed E-state index contributed by atoms with van der Waals surface area (Å²) < 4.78 is 16.6. The Hall–Kier alpha value is 0.570. The molecular formula is C11H26INO3. The average Bonchev–Trinajstić information content (AvgIpc) is 2.17. The number of likely N-dealkylation sites (N-methyl/N-ethyl adjacent to an activating group) is 1. The van der Waals surface area contributed by atoms with Gasteiger partial charge >= 0.3 is 0 Å². The second-order valence-electron chi connectivity index (χ2n) is 4.19. The van der Waals surface area contributed by atoms with E-state index >= 15 is 0 Å². The van der Waals surface area contributed by atoms with Crippen LogP contribution in [-0.2, 0) is 14.2 Å². The molecule has 0 amide bonds. The molecule has 16 heavy (non-hydrogen) atoms. The number of methoxy groups -OCH3 is 1. The van der Waals surface area contributed by atoms with Gasteiger partial charge in [-0.05, 0) is 6.92 Å². The van der Waals surface area contributed by atoms with Crippen LogP contribution in [0.5, 0.6) is 0 Å². The molecule has 0 N–H and O–H groups in total. The molecule has 0 rings (SSSR count). The fourth-order valence-electron chi connectivity index (χ4n) is 1.12. The van der Waals surface area contributed by atoms with E-state index in [0.717, 1.165) is 37.4 Å². The van der Waals surface area contributed by atoms with Crippen molar-refractivity contribution in [1.82, 2.24) is 0 Å². The normalized spacial score (nSPS) is 11.2. The topological polar surface area (TPSA) is 27.7 Å². The zero-order chi connectivity index (χ0) is 11.6. The summed E-state index contributed by atoms with van der Waals surface area (Å²) >= 11 is 0. The Labute approximate surface area is 117 Å². The van der Waals surface area contributed by atoms with Crippen molar-refractivity contribution < 1.29 is 42.7 Å². The molecule has 0 unspecified atom stereocenters. The lowest BCUT2D eigenvalue weighted by Gasteiger charge is -2.29. The number of ether oxygens (including phenoxy) is 3. The summed E-state index contributed by atoms with van der Waals surface area (Å²) in [6.45, 7) is 7.81. The minimum absolute atomic E-state index is 0. The maximum absolute atomic E-state index is 5.43. The van der Waals surface area contributed by atoms with E-state index in [1.54, 1.807) is 7.11 Å². The fraction of sp³-hybridized carbons (Fsp3) is 1.00. The largest absolute Gasteiger partial charge is 1.00 e. The summed E-state index contributed by atoms with van der Waals surface area (Å²) in [6, 6.07) is 0. The van der Waals surface area contributed by atoms with Crippen LogP contribution in [0.25, 0.3) is 0 Å². The molecule has 0 fully saturated rings. The third kappa shape index (κ3) is 12.6. The molecule has 0 atom stereocenters. The first-order valence-corrected chi connectivity index (χ1v) is 5.59. The van der Waals surface area contributed by atoms with Gasteiger partial charge in [-0.25, -0.2) is 0 Å². The van der Waals surface area contributed by atoms with Crippen LogP contribution in [-0.4, -0.2) is 71.8 Å². The molecule has 0 aliphatic carbocycles. The van der Waals surface area contributed by atoms with Gasteiger partial charge in [-0.3, -0.25) is 0 Å². The predicted octanol–water partition coefficient (Wildman–Crippen LogP) is -2.23. The highest BCUT2D eigenvalue weighted by Gasteiger charge is 2.13. The monoisotopic (exact) mass is 347 g/mol. The average molecular weight is 347 g/mol. The number of rotatable bonds is 10. The van der Waals surface area contributed by atoms with E-state index in [0.29, 0.717) is 13.2 Å². The minimum atomic E-state index is 0. The quantitative estimate of drug-likeness (QED) is 0.254. The van der Waals surface area contributed by atoms with Gasteiger partial charge in [0, 0.05) is 13.7 Å². The standard InChI is InChI=1S/C11H26NO3.HI/c1-5-14-8-6-12(2,3)7-9-15-11-10-13-4;/h5-11H2,1-4H3;1H/q+1;/p-1. The summed E-state index contributed by atoms with van der Waals surface area (Å²) in [4.78, 5) is 0. The number of hydrogen-bond donors (Lipinski definition) is 0. The summed E-state index contributed by atoms with van der Waals surface area (Å²) in [5.74, 6) is 0. The Morgan fingerprint density at radius 3 is 1.94 bits per heavy atom. The SMILES string of the molecule is CCOCC[N+](C)(C)CCOCCOC.[I-]. The first kappa shape index (κ1) is 18.9. The first-order valence-electron chi connectivity index (χ1n) is 5.59. The minimum Gasteiger partial charge on any atom is -1.00 e. The van der Waals surface area contributed by atoms with E-state index in [2.05, 4.69) is 14.1 Å². The number of hydrogen-bond acceptors (Lipinski definition) is 3. The van der Waals surface area contributed by atoms with Crippen LogP contribution >= 0.6 is 0 Å². The summed E-state index contributed by atoms with van der Waals surface area (Å²) in [5.41, 5.74) is 0. The molecule has 0 bridgehead atoms. The van der Waals surface area contributed by atoms with Crippen molar-refractivity contribution in [3.8, 4) is 0 Å². The second kappa shape index (κ2) is 12.0. The molecule has 5 heteroatoms. The molecule has 4 nitrogen and oxygen atoms in total. The van der Waals surface area contributed by atoms with Crippen molar-refractivity contribution in [2.75, 3.05) is 67.3 Å². The van der Waals surface area contributed by atoms with E-state index in [1.165, 1.54) is 0 Å². The maximum Gasteiger partial charge on any atom is 0.102 e. The predicted molar refractivity (Wildman–Crippen MR) is 61.0 cm³/mol. The second-order valence-corrected chi connectivity index (χ2v) is 4.19. The Morgan fingerprint density at radius 2 is 1.44 bits per heavy atom. The lowest BCUT2D eigenvalue weighted by Crippen LogP contribution is -3.00. The van der Waals surface area contributed by atoms with Crippen LogP contribution in [0.3, 0.4) is 0 Å². The highest BCUT2D eigenvalue weighted by molar-refractivity contribution is 4.36. The third-order valence-corrected chi connectivity index (χ3v) is 2.32. The van der Waals surface area contributed by atoms with Gasteiger partial charge in [-0.2, -0.15) is 0 Å². The zero-order valence-electron chi connectivity index (χ0n) is 11.0. The van der Waals surface area contributed by atoms with Crippen molar-refractivity contribution >= 4 is 0 Å². The van der Waals surface area contributed by atoms with Crippen molar-refractivity contribution in [3.05, 3.63) is 0 Å². The highest BCUT2D eigenvalue weighted by atomic mass is 127. The molecule has 0 radical (unpaired) electrons. The van der Waals surface area contributed by atoms with E-state index < -0.39 is 0 Å². The number of quaternary nitrogens is 1. The fourth-order valence-corrected chi connectivity index (χ4v) is 1.12. The summed E-state index contributed by atoms with van der Waals surface area (Å²) in [6.07, 6.45) is 0. The van der Waals surface area contributed by atoms with Gasteiger partial charge in [0.2, 0.25) is 0 Å². The molecule has 0 saturated heterocycles. The third-order valence-electron chi connectivity index (χ3n) is 2.32. The van der Waals surface area contributed by atoms with Crippen LogP contribution in [0.1, 0.15) is 6.92 Å². The van der Waals surface area contributed by atoms with Gasteiger partial charge in [0.15, 0.2) is 0 Å². The van der Waals surface area contributed by atoms with E-state index in [1.807, 2.05) is 6.92 Å². The molecular weight excluding hydrogens is 321 g/mol. The highest BCUT2D eigenvalue weighted by Crippen LogP contribution is 1.96. The van der Waals surface area contributed by atoms with Crippen molar-refractivity contribution in [2.45, 2.75) is 6.92 Å². The number of halogens is 1. The molecule has 0 aliphatic rings. The molecule has 0 saturated carbocycles. The Morgan fingerprint density at radius 1 is 0.875 bits per heavy atom. The summed E-state index contributed by atoms with van der Waals surface area (Å²) in [5, 5.41) is 0. The van der Waals surface area contributed by atoms with Crippen LogP contribution in [0, 0.1) is 0 Å². The Kier molecular flexibility index (Phi) is 14.2. The van der Waals surface area contributed by atoms with Crippen LogP contribution in [0.4, 0.5) is 0 Å². The lowest BCUT2D eigenvalue weighted by molar-refractivity contribution is -0.891. The zero-order valence-corrected chi connectivity index (χ0v) is 13.2. The smallest absolute Gasteiger partial charge is 0.102 e. The molecule has 0 aromatic rings. The van der Waals surface area contributed by atoms with Crippen molar-refractivity contribution in [3.63, 3.8) is 0 Å². The Balaban J connectivity index is 0. The van der Waals surface area contributed by atoms with E-state index in [-0.39, 0.29) is 24.0 Å². The van der Waals surface area contributed by atoms with E-state index in [9.17, 15) is 0 Å². The van der Waals surface area contributed by atoms with Crippen molar-refractivity contribution in [2.24, 2.45) is 0 Å². The van der Waals surface area contributed by atoms with Gasteiger partial charge in [0.25, 0.3) is 0 Å². The number of nitrogens with zero attached hydrogens (tertiary/aromatic N) is 1. The Bertz CT molecular complexity index is 145. The molecule has 0 aromatic carbocycles. The van der Waals surface area contributed by atoms with Crippen LogP contribution in [0.2, 0.25) is 0 Å². The van der Waals surface area contributed by atoms with Gasteiger partial charge in [-0.1, -0.05) is 0 Å². The van der Waals surface area contributed by atoms with E-state index in [4.69, 9.17) is 14.2 Å². The van der Waals surface area contributed by atoms with Gasteiger partial charge in [0.1, 0.15) is 13.1 Å². The van der Waals surface area contributed by atoms with Crippen LogP contribution in [0.15, 0.2) is 0 Å². The van der Waals surface area contributed by atoms with Crippen LogP contribution < -0.4 is 24.0 Å². The molecule has 100 valence electrons.